The van der Waals surface area contributed by atoms with E-state index in [4.69, 9.17) is 4.89 Å². The fourth-order valence-electron chi connectivity index (χ4n) is 1.35. The van der Waals surface area contributed by atoms with Crippen LogP contribution in [0.15, 0.2) is 0 Å². The third-order valence-corrected chi connectivity index (χ3v) is 3.59. The number of phosphoric ester groups is 1. The summed E-state index contributed by atoms with van der Waals surface area (Å²) in [5.41, 5.74) is 0. The van der Waals surface area contributed by atoms with Crippen LogP contribution in [-0.4, -0.2) is 29.0 Å². The Balaban J connectivity index is 3.27. The van der Waals surface area contributed by atoms with E-state index in [1.54, 1.807) is 0 Å². The third kappa shape index (κ3) is 3.07. The van der Waals surface area contributed by atoms with E-state index in [1.165, 1.54) is 0 Å². The van der Waals surface area contributed by atoms with Gasteiger partial charge in [-0.2, -0.15) is 17.6 Å². The van der Waals surface area contributed by atoms with Gasteiger partial charge in [-0.3, -0.25) is 0 Å². The molecule has 0 aromatic carbocycles. The molecule has 11 heteroatoms. The largest absolute Gasteiger partial charge is 0.479 e. The SMILES string of the molecule is CC(C)C1(F)CC(F)C(F)(F)C(F)(F)OP(=O)(O)O1. The minimum Gasteiger partial charge on any atom is -0.302 e. The number of halogens is 6. The molecule has 0 bridgehead atoms. The van der Waals surface area contributed by atoms with Gasteiger partial charge in [0.1, 0.15) is 0 Å². The molecule has 0 amide bonds. The lowest BCUT2D eigenvalue weighted by Crippen LogP contribution is -2.54. The summed E-state index contributed by atoms with van der Waals surface area (Å²) in [6.07, 6.45) is -11.1. The molecule has 0 radical (unpaired) electrons. The second kappa shape index (κ2) is 4.61. The van der Waals surface area contributed by atoms with Crippen LogP contribution in [0.3, 0.4) is 0 Å². The first kappa shape index (κ1) is 16.7. The van der Waals surface area contributed by atoms with Gasteiger partial charge in [0.15, 0.2) is 6.17 Å². The highest BCUT2D eigenvalue weighted by Crippen LogP contribution is 2.60. The predicted molar refractivity (Wildman–Crippen MR) is 50.1 cm³/mol. The Bertz CT molecular complexity index is 397. The summed E-state index contributed by atoms with van der Waals surface area (Å²) >= 11 is 0. The van der Waals surface area contributed by atoms with Crippen LogP contribution >= 0.6 is 7.82 Å². The second-order valence-electron chi connectivity index (χ2n) is 4.40. The standard InChI is InChI=1S/C8H11F6O4P/c1-4(2)6(10)3-5(9)7(11,12)8(13,14)18-19(15,16)17-6/h4-5H,3H2,1-2H3,(H,15,16). The van der Waals surface area contributed by atoms with Crippen LogP contribution in [0, 0.1) is 5.92 Å². The van der Waals surface area contributed by atoms with E-state index in [2.05, 4.69) is 9.05 Å². The Morgan fingerprint density at radius 3 is 2.11 bits per heavy atom. The molecule has 0 aromatic rings. The van der Waals surface area contributed by atoms with Gasteiger partial charge in [0.05, 0.1) is 0 Å². The zero-order valence-electron chi connectivity index (χ0n) is 9.75. The van der Waals surface area contributed by atoms with Crippen molar-refractivity contribution in [3.05, 3.63) is 0 Å². The average molecular weight is 316 g/mol. The van der Waals surface area contributed by atoms with Crippen molar-refractivity contribution in [3.8, 4) is 0 Å². The lowest BCUT2D eigenvalue weighted by molar-refractivity contribution is -0.349. The van der Waals surface area contributed by atoms with Crippen LogP contribution in [-0.2, 0) is 13.6 Å². The normalized spacial score (nSPS) is 42.7. The van der Waals surface area contributed by atoms with Crippen molar-refractivity contribution in [2.75, 3.05) is 0 Å². The zero-order valence-corrected chi connectivity index (χ0v) is 10.6. The highest BCUT2D eigenvalue weighted by atomic mass is 31.2. The summed E-state index contributed by atoms with van der Waals surface area (Å²) in [5, 5.41) is 0. The van der Waals surface area contributed by atoms with Gasteiger partial charge < -0.3 is 4.89 Å². The average Bonchev–Trinajstić information content (AvgIpc) is 2.12. The molecule has 19 heavy (non-hydrogen) atoms. The molecule has 1 aliphatic rings. The van der Waals surface area contributed by atoms with Crippen molar-refractivity contribution in [1.29, 1.82) is 0 Å². The molecular weight excluding hydrogens is 305 g/mol. The lowest BCUT2D eigenvalue weighted by atomic mass is 9.96. The van der Waals surface area contributed by atoms with E-state index in [0.29, 0.717) is 0 Å². The van der Waals surface area contributed by atoms with Crippen molar-refractivity contribution in [2.24, 2.45) is 5.92 Å². The summed E-state index contributed by atoms with van der Waals surface area (Å²) in [4.78, 5) is 8.85. The molecule has 3 unspecified atom stereocenters. The Hall–Kier alpha value is -0.310. The van der Waals surface area contributed by atoms with Crippen LogP contribution in [0.1, 0.15) is 20.3 Å². The molecule has 4 nitrogen and oxygen atoms in total. The molecule has 1 fully saturated rings. The van der Waals surface area contributed by atoms with Crippen LogP contribution in [0.2, 0.25) is 0 Å². The highest BCUT2D eigenvalue weighted by molar-refractivity contribution is 7.47. The number of alkyl halides is 6. The van der Waals surface area contributed by atoms with Gasteiger partial charge in [0.25, 0.3) is 0 Å². The van der Waals surface area contributed by atoms with Gasteiger partial charge in [-0.15, -0.1) is 0 Å². The Morgan fingerprint density at radius 2 is 1.68 bits per heavy atom. The van der Waals surface area contributed by atoms with Gasteiger partial charge in [-0.1, -0.05) is 13.8 Å². The maximum Gasteiger partial charge on any atom is 0.479 e. The molecule has 0 saturated carbocycles. The first-order valence-corrected chi connectivity index (χ1v) is 6.56. The third-order valence-electron chi connectivity index (χ3n) is 2.60. The molecule has 1 heterocycles. The molecule has 3 atom stereocenters. The van der Waals surface area contributed by atoms with E-state index < -0.39 is 44.2 Å². The lowest BCUT2D eigenvalue weighted by Gasteiger charge is -2.38. The number of rotatable bonds is 1. The van der Waals surface area contributed by atoms with Crippen LogP contribution in [0.25, 0.3) is 0 Å². The first-order chi connectivity index (χ1) is 8.24. The van der Waals surface area contributed by atoms with Crippen molar-refractivity contribution in [3.63, 3.8) is 0 Å². The Morgan fingerprint density at radius 1 is 1.21 bits per heavy atom. The van der Waals surface area contributed by atoms with Crippen molar-refractivity contribution in [1.82, 2.24) is 0 Å². The van der Waals surface area contributed by atoms with Crippen molar-refractivity contribution < 1.29 is 44.8 Å². The molecule has 0 aromatic heterocycles. The van der Waals surface area contributed by atoms with Crippen molar-refractivity contribution in [2.45, 2.75) is 44.3 Å². The number of hydrogen-bond acceptors (Lipinski definition) is 3. The summed E-state index contributed by atoms with van der Waals surface area (Å²) in [5.74, 6) is -10.2. The van der Waals surface area contributed by atoms with Gasteiger partial charge >= 0.3 is 19.9 Å². The highest BCUT2D eigenvalue weighted by Gasteiger charge is 2.70. The predicted octanol–water partition coefficient (Wildman–Crippen LogP) is 3.41. The molecule has 0 spiro atoms. The van der Waals surface area contributed by atoms with E-state index >= 15 is 0 Å². The van der Waals surface area contributed by atoms with Crippen LogP contribution < -0.4 is 0 Å². The monoisotopic (exact) mass is 316 g/mol. The zero-order chi connectivity index (χ0) is 15.3. The smallest absolute Gasteiger partial charge is 0.302 e. The number of phosphoric acid groups is 1. The Kier molecular flexibility index (Phi) is 4.06. The number of hydrogen-bond donors (Lipinski definition) is 1. The van der Waals surface area contributed by atoms with Crippen LogP contribution in [0.4, 0.5) is 26.3 Å². The van der Waals surface area contributed by atoms with E-state index in [9.17, 15) is 30.9 Å². The quantitative estimate of drug-likeness (QED) is 0.595. The molecule has 114 valence electrons. The van der Waals surface area contributed by atoms with Crippen molar-refractivity contribution >= 4 is 7.82 Å². The fourth-order valence-corrected chi connectivity index (χ4v) is 2.47. The summed E-state index contributed by atoms with van der Waals surface area (Å²) in [7, 11) is -5.83. The molecule has 1 N–H and O–H groups in total. The van der Waals surface area contributed by atoms with E-state index in [0.717, 1.165) is 13.8 Å². The van der Waals surface area contributed by atoms with Gasteiger partial charge in [-0.25, -0.2) is 22.4 Å². The summed E-state index contributed by atoms with van der Waals surface area (Å²) < 4.78 is 96.9. The summed E-state index contributed by atoms with van der Waals surface area (Å²) in [6, 6.07) is 0. The van der Waals surface area contributed by atoms with Gasteiger partial charge in [0.2, 0.25) is 5.85 Å². The minimum absolute atomic E-state index is 1.03. The first-order valence-electron chi connectivity index (χ1n) is 5.06. The van der Waals surface area contributed by atoms with Gasteiger partial charge in [-0.05, 0) is 0 Å². The fraction of sp³-hybridized carbons (Fsp3) is 1.00. The van der Waals surface area contributed by atoms with E-state index in [1.807, 2.05) is 0 Å². The minimum atomic E-state index is -5.83. The molecule has 1 aliphatic heterocycles. The molecule has 1 rings (SSSR count). The molecule has 0 aliphatic carbocycles. The topological polar surface area (TPSA) is 55.8 Å². The maximum atomic E-state index is 14.0. The molecular formula is C8H11F6O4P. The summed E-state index contributed by atoms with van der Waals surface area (Å²) in [6.45, 7) is 2.06. The van der Waals surface area contributed by atoms with Crippen LogP contribution in [0.5, 0.6) is 0 Å². The second-order valence-corrected chi connectivity index (χ2v) is 5.71. The Labute approximate surface area is 104 Å². The molecule has 1 saturated heterocycles. The van der Waals surface area contributed by atoms with E-state index in [-0.39, 0.29) is 0 Å². The maximum absolute atomic E-state index is 14.0. The van der Waals surface area contributed by atoms with Gasteiger partial charge in [0, 0.05) is 12.3 Å².